The number of hydrogen-bond acceptors (Lipinski definition) is 3. The lowest BCUT2D eigenvalue weighted by Crippen LogP contribution is -2.46. The molecular weight excluding hydrogens is 312 g/mol. The summed E-state index contributed by atoms with van der Waals surface area (Å²) in [5.41, 5.74) is 2.19. The molecule has 2 aromatic carbocycles. The summed E-state index contributed by atoms with van der Waals surface area (Å²) >= 11 is 0. The minimum absolute atomic E-state index is 0.189. The molecule has 0 radical (unpaired) electrons. The molecule has 0 saturated carbocycles. The molecule has 0 bridgehead atoms. The molecule has 120 valence electrons. The molecule has 0 aromatic heterocycles. The first kappa shape index (κ1) is 15.6. The smallest absolute Gasteiger partial charge is 0.264 e. The van der Waals surface area contributed by atoms with E-state index in [1.165, 1.54) is 9.21 Å². The number of nitrogens with zero attached hydrogens (tertiary/aromatic N) is 2. The molecule has 0 N–H and O–H groups in total. The molecule has 1 aliphatic rings. The van der Waals surface area contributed by atoms with E-state index in [0.717, 1.165) is 12.0 Å². The van der Waals surface area contributed by atoms with Crippen LogP contribution >= 0.6 is 0 Å². The lowest BCUT2D eigenvalue weighted by atomic mass is 10.2. The predicted octanol–water partition coefficient (Wildman–Crippen LogP) is 2.42. The van der Waals surface area contributed by atoms with Crippen molar-refractivity contribution in [1.82, 2.24) is 0 Å². The number of anilines is 2. The van der Waals surface area contributed by atoms with Crippen LogP contribution < -0.4 is 9.21 Å². The highest BCUT2D eigenvalue weighted by Gasteiger charge is 2.34. The fraction of sp³-hybridized carbons (Fsp3) is 0.235. The predicted molar refractivity (Wildman–Crippen MR) is 90.2 cm³/mol. The Balaban J connectivity index is 2.09. The van der Waals surface area contributed by atoms with E-state index in [0.29, 0.717) is 11.4 Å². The molecule has 1 heterocycles. The van der Waals surface area contributed by atoms with E-state index >= 15 is 0 Å². The standard InChI is InChI=1S/C17H18N2O3S/c1-3-13-8-10-14(11-9-13)23(21,22)19-12-17(20)18(2)15-6-4-5-7-16(15)19/h4-11H,3,12H2,1-2H3. The fourth-order valence-corrected chi connectivity index (χ4v) is 4.07. The summed E-state index contributed by atoms with van der Waals surface area (Å²) in [5.74, 6) is -0.252. The third-order valence-corrected chi connectivity index (χ3v) is 5.86. The minimum Gasteiger partial charge on any atom is -0.312 e. The molecule has 3 rings (SSSR count). The van der Waals surface area contributed by atoms with Crippen molar-refractivity contribution >= 4 is 27.3 Å². The first-order chi connectivity index (χ1) is 10.9. The Morgan fingerprint density at radius 3 is 2.22 bits per heavy atom. The van der Waals surface area contributed by atoms with Crippen molar-refractivity contribution in [2.75, 3.05) is 22.8 Å². The van der Waals surface area contributed by atoms with Gasteiger partial charge in [-0.3, -0.25) is 9.10 Å². The van der Waals surface area contributed by atoms with Crippen molar-refractivity contribution < 1.29 is 13.2 Å². The van der Waals surface area contributed by atoms with Crippen molar-refractivity contribution in [3.63, 3.8) is 0 Å². The molecular formula is C17H18N2O3S. The number of aryl methyl sites for hydroxylation is 1. The number of amides is 1. The average molecular weight is 330 g/mol. The molecule has 1 amide bonds. The van der Waals surface area contributed by atoms with Gasteiger partial charge in [0, 0.05) is 7.05 Å². The van der Waals surface area contributed by atoms with Gasteiger partial charge in [0.15, 0.2) is 0 Å². The van der Waals surface area contributed by atoms with Crippen LogP contribution in [-0.4, -0.2) is 27.9 Å². The van der Waals surface area contributed by atoms with Crippen LogP contribution in [0.2, 0.25) is 0 Å². The van der Waals surface area contributed by atoms with Gasteiger partial charge in [0.05, 0.1) is 16.3 Å². The molecule has 1 aliphatic heterocycles. The normalized spacial score (nSPS) is 14.8. The van der Waals surface area contributed by atoms with Crippen molar-refractivity contribution in [1.29, 1.82) is 0 Å². The molecule has 5 nitrogen and oxygen atoms in total. The number of fused-ring (bicyclic) bond motifs is 1. The van der Waals surface area contributed by atoms with E-state index < -0.39 is 10.0 Å². The quantitative estimate of drug-likeness (QED) is 0.868. The van der Waals surface area contributed by atoms with Crippen LogP contribution in [0.25, 0.3) is 0 Å². The Hall–Kier alpha value is -2.34. The molecule has 0 fully saturated rings. The first-order valence-corrected chi connectivity index (χ1v) is 8.86. The molecule has 2 aromatic rings. The number of rotatable bonds is 3. The summed E-state index contributed by atoms with van der Waals surface area (Å²) in [6, 6.07) is 13.8. The maximum Gasteiger partial charge on any atom is 0.264 e. The second-order valence-electron chi connectivity index (χ2n) is 5.45. The zero-order valence-corrected chi connectivity index (χ0v) is 13.9. The Labute approximate surface area is 136 Å². The SMILES string of the molecule is CCc1ccc(S(=O)(=O)N2CC(=O)N(C)c3ccccc32)cc1. The number of carbonyl (C=O) groups excluding carboxylic acids is 1. The van der Waals surface area contributed by atoms with E-state index in [1.807, 2.05) is 6.92 Å². The molecule has 0 saturated heterocycles. The van der Waals surface area contributed by atoms with E-state index in [1.54, 1.807) is 55.6 Å². The maximum atomic E-state index is 13.0. The van der Waals surface area contributed by atoms with Crippen LogP contribution in [0, 0.1) is 0 Å². The van der Waals surface area contributed by atoms with E-state index in [2.05, 4.69) is 0 Å². The largest absolute Gasteiger partial charge is 0.312 e. The van der Waals surface area contributed by atoms with E-state index in [9.17, 15) is 13.2 Å². The number of likely N-dealkylation sites (N-methyl/N-ethyl adjacent to an activating group) is 1. The molecule has 6 heteroatoms. The van der Waals surface area contributed by atoms with Crippen LogP contribution in [0.1, 0.15) is 12.5 Å². The van der Waals surface area contributed by atoms with Crippen LogP contribution in [0.15, 0.2) is 53.4 Å². The summed E-state index contributed by atoms with van der Waals surface area (Å²) < 4.78 is 27.1. The third-order valence-electron chi connectivity index (χ3n) is 4.08. The zero-order valence-electron chi connectivity index (χ0n) is 13.1. The molecule has 0 spiro atoms. The summed E-state index contributed by atoms with van der Waals surface area (Å²) in [5, 5.41) is 0. The highest BCUT2D eigenvalue weighted by molar-refractivity contribution is 7.92. The Bertz CT molecular complexity index is 844. The van der Waals surface area contributed by atoms with Gasteiger partial charge in [-0.25, -0.2) is 8.42 Å². The minimum atomic E-state index is -3.77. The fourth-order valence-electron chi connectivity index (χ4n) is 2.65. The van der Waals surface area contributed by atoms with Gasteiger partial charge >= 0.3 is 0 Å². The van der Waals surface area contributed by atoms with Crippen LogP contribution in [0.3, 0.4) is 0 Å². The molecule has 0 aliphatic carbocycles. The van der Waals surface area contributed by atoms with Crippen molar-refractivity contribution in [3.05, 3.63) is 54.1 Å². The lowest BCUT2D eigenvalue weighted by Gasteiger charge is -2.34. The van der Waals surface area contributed by atoms with Gasteiger partial charge < -0.3 is 4.90 Å². The second-order valence-corrected chi connectivity index (χ2v) is 7.31. The second kappa shape index (κ2) is 5.70. The monoisotopic (exact) mass is 330 g/mol. The lowest BCUT2D eigenvalue weighted by molar-refractivity contribution is -0.117. The number of hydrogen-bond donors (Lipinski definition) is 0. The number of sulfonamides is 1. The molecule has 23 heavy (non-hydrogen) atoms. The maximum absolute atomic E-state index is 13.0. The van der Waals surface area contributed by atoms with Crippen molar-refractivity contribution in [3.8, 4) is 0 Å². The van der Waals surface area contributed by atoms with Gasteiger partial charge in [0.2, 0.25) is 5.91 Å². The number of benzene rings is 2. The third kappa shape index (κ3) is 2.59. The zero-order chi connectivity index (χ0) is 16.6. The summed E-state index contributed by atoms with van der Waals surface area (Å²) in [7, 11) is -2.12. The number of para-hydroxylation sites is 2. The Kier molecular flexibility index (Phi) is 3.85. The summed E-state index contributed by atoms with van der Waals surface area (Å²) in [6.07, 6.45) is 0.843. The van der Waals surface area contributed by atoms with Gasteiger partial charge in [-0.2, -0.15) is 0 Å². The highest BCUT2D eigenvalue weighted by Crippen LogP contribution is 2.35. The van der Waals surface area contributed by atoms with Crippen molar-refractivity contribution in [2.45, 2.75) is 18.2 Å². The van der Waals surface area contributed by atoms with Crippen LogP contribution in [0.5, 0.6) is 0 Å². The topological polar surface area (TPSA) is 57.7 Å². The van der Waals surface area contributed by atoms with Crippen LogP contribution in [0.4, 0.5) is 11.4 Å². The summed E-state index contributed by atoms with van der Waals surface area (Å²) in [4.78, 5) is 13.8. The van der Waals surface area contributed by atoms with Gasteiger partial charge in [-0.1, -0.05) is 31.2 Å². The van der Waals surface area contributed by atoms with Crippen LogP contribution in [-0.2, 0) is 21.2 Å². The highest BCUT2D eigenvalue weighted by atomic mass is 32.2. The van der Waals surface area contributed by atoms with Gasteiger partial charge in [-0.05, 0) is 36.2 Å². The molecule has 0 unspecified atom stereocenters. The average Bonchev–Trinajstić information content (AvgIpc) is 2.58. The number of carbonyl (C=O) groups is 1. The van der Waals surface area contributed by atoms with E-state index in [-0.39, 0.29) is 17.3 Å². The van der Waals surface area contributed by atoms with Gasteiger partial charge in [-0.15, -0.1) is 0 Å². The Morgan fingerprint density at radius 2 is 1.61 bits per heavy atom. The molecule has 0 atom stereocenters. The van der Waals surface area contributed by atoms with Crippen molar-refractivity contribution in [2.24, 2.45) is 0 Å². The van der Waals surface area contributed by atoms with Gasteiger partial charge in [0.25, 0.3) is 10.0 Å². The first-order valence-electron chi connectivity index (χ1n) is 7.42. The van der Waals surface area contributed by atoms with E-state index in [4.69, 9.17) is 0 Å². The van der Waals surface area contributed by atoms with Gasteiger partial charge in [0.1, 0.15) is 6.54 Å². The summed E-state index contributed by atoms with van der Waals surface area (Å²) in [6.45, 7) is 1.82. The Morgan fingerprint density at radius 1 is 1.00 bits per heavy atom.